The molecule has 7 heteroatoms. The third kappa shape index (κ3) is 4.74. The molecule has 1 aliphatic heterocycles. The fourth-order valence-electron chi connectivity index (χ4n) is 2.31. The third-order valence-electron chi connectivity index (χ3n) is 3.52. The normalized spacial score (nSPS) is 20.6. The van der Waals surface area contributed by atoms with Crippen LogP contribution in [0.3, 0.4) is 0 Å². The number of carboxylic acids is 1. The molecule has 0 aromatic carbocycles. The fourth-order valence-corrected chi connectivity index (χ4v) is 4.21. The van der Waals surface area contributed by atoms with Gasteiger partial charge in [0.05, 0.1) is 5.75 Å². The Balaban J connectivity index is 2.57. The van der Waals surface area contributed by atoms with Crippen LogP contribution in [-0.2, 0) is 14.6 Å². The van der Waals surface area contributed by atoms with Crippen molar-refractivity contribution in [2.24, 2.45) is 5.92 Å². The Hall–Kier alpha value is -0.660. The number of nitrogens with zero attached hydrogens (tertiary/aromatic N) is 2. The van der Waals surface area contributed by atoms with E-state index < -0.39 is 27.0 Å². The Morgan fingerprint density at radius 1 is 1.21 bits per heavy atom. The average Bonchev–Trinajstić information content (AvgIpc) is 2.26. The summed E-state index contributed by atoms with van der Waals surface area (Å²) in [6.45, 7) is 7.21. The van der Waals surface area contributed by atoms with E-state index in [2.05, 4.69) is 9.80 Å². The van der Waals surface area contributed by atoms with E-state index in [1.54, 1.807) is 13.8 Å². The van der Waals surface area contributed by atoms with Crippen molar-refractivity contribution in [3.8, 4) is 0 Å². The van der Waals surface area contributed by atoms with Gasteiger partial charge in [-0.25, -0.2) is 8.42 Å². The lowest BCUT2D eigenvalue weighted by Gasteiger charge is -2.32. The second-order valence-electron chi connectivity index (χ2n) is 5.51. The average molecular weight is 292 g/mol. The number of rotatable bonds is 6. The van der Waals surface area contributed by atoms with E-state index in [0.29, 0.717) is 6.54 Å². The van der Waals surface area contributed by atoms with E-state index in [-0.39, 0.29) is 5.75 Å². The molecule has 1 N–H and O–H groups in total. The Bertz CT molecular complexity index is 400. The van der Waals surface area contributed by atoms with Crippen LogP contribution in [-0.4, -0.2) is 80.1 Å². The Morgan fingerprint density at radius 3 is 2.16 bits per heavy atom. The molecule has 1 rings (SSSR count). The monoisotopic (exact) mass is 292 g/mol. The highest BCUT2D eigenvalue weighted by Gasteiger charge is 2.35. The van der Waals surface area contributed by atoms with Gasteiger partial charge in [-0.05, 0) is 13.0 Å². The van der Waals surface area contributed by atoms with Crippen LogP contribution in [0.1, 0.15) is 13.8 Å². The Morgan fingerprint density at radius 2 is 1.74 bits per heavy atom. The van der Waals surface area contributed by atoms with Crippen molar-refractivity contribution in [2.75, 3.05) is 45.5 Å². The molecule has 0 aromatic heterocycles. The van der Waals surface area contributed by atoms with Gasteiger partial charge >= 0.3 is 5.97 Å². The summed E-state index contributed by atoms with van der Waals surface area (Å²) >= 11 is 0. The van der Waals surface area contributed by atoms with E-state index >= 15 is 0 Å². The topological polar surface area (TPSA) is 77.9 Å². The van der Waals surface area contributed by atoms with Gasteiger partial charge in [0.2, 0.25) is 0 Å². The number of carboxylic acid groups (broad SMARTS) is 1. The molecule has 0 aliphatic carbocycles. The van der Waals surface area contributed by atoms with Crippen molar-refractivity contribution < 1.29 is 18.3 Å². The minimum atomic E-state index is -3.59. The van der Waals surface area contributed by atoms with E-state index in [9.17, 15) is 13.2 Å². The van der Waals surface area contributed by atoms with E-state index in [1.807, 2.05) is 7.05 Å². The molecular weight excluding hydrogens is 268 g/mol. The van der Waals surface area contributed by atoms with Crippen molar-refractivity contribution in [3.05, 3.63) is 0 Å². The Kier molecular flexibility index (Phi) is 5.76. The first kappa shape index (κ1) is 16.4. The highest BCUT2D eigenvalue weighted by molar-refractivity contribution is 7.92. The first-order valence-electron chi connectivity index (χ1n) is 6.59. The maximum atomic E-state index is 12.1. The van der Waals surface area contributed by atoms with Crippen LogP contribution in [0, 0.1) is 5.92 Å². The molecule has 1 heterocycles. The van der Waals surface area contributed by atoms with Gasteiger partial charge in [-0.1, -0.05) is 13.8 Å². The van der Waals surface area contributed by atoms with Crippen LogP contribution in [0.4, 0.5) is 0 Å². The van der Waals surface area contributed by atoms with Crippen LogP contribution in [0.2, 0.25) is 0 Å². The molecule has 1 unspecified atom stereocenters. The summed E-state index contributed by atoms with van der Waals surface area (Å²) in [7, 11) is -1.55. The molecule has 1 aliphatic rings. The first-order chi connectivity index (χ1) is 8.74. The summed E-state index contributed by atoms with van der Waals surface area (Å²) in [6, 6.07) is 0. The standard InChI is InChI=1S/C12H24N2O4S/c1-10(2)11(12(15)16)19(17,18)9-8-14-6-4-13(3)5-7-14/h10-11H,4-9H2,1-3H3,(H,15,16). The van der Waals surface area contributed by atoms with Crippen LogP contribution in [0.15, 0.2) is 0 Å². The van der Waals surface area contributed by atoms with Crippen LogP contribution in [0.25, 0.3) is 0 Å². The minimum Gasteiger partial charge on any atom is -0.480 e. The van der Waals surface area contributed by atoms with Gasteiger partial charge in [-0.2, -0.15) is 0 Å². The molecule has 19 heavy (non-hydrogen) atoms. The largest absolute Gasteiger partial charge is 0.480 e. The van der Waals surface area contributed by atoms with Gasteiger partial charge in [-0.15, -0.1) is 0 Å². The maximum Gasteiger partial charge on any atom is 0.322 e. The quantitative estimate of drug-likeness (QED) is 0.728. The summed E-state index contributed by atoms with van der Waals surface area (Å²) in [5.41, 5.74) is 0. The molecule has 6 nitrogen and oxygen atoms in total. The lowest BCUT2D eigenvalue weighted by molar-refractivity contribution is -0.137. The number of aliphatic carboxylic acids is 1. The fraction of sp³-hybridized carbons (Fsp3) is 0.917. The van der Waals surface area contributed by atoms with E-state index in [1.165, 1.54) is 0 Å². The molecule has 1 fully saturated rings. The van der Waals surface area contributed by atoms with Crippen LogP contribution < -0.4 is 0 Å². The summed E-state index contributed by atoms with van der Waals surface area (Å²) in [6.07, 6.45) is 0. The molecule has 1 saturated heterocycles. The van der Waals surface area contributed by atoms with Crippen molar-refractivity contribution >= 4 is 15.8 Å². The van der Waals surface area contributed by atoms with Crippen molar-refractivity contribution in [2.45, 2.75) is 19.1 Å². The highest BCUT2D eigenvalue weighted by Crippen LogP contribution is 2.14. The summed E-state index contributed by atoms with van der Waals surface area (Å²) in [5, 5.41) is 7.76. The molecule has 112 valence electrons. The van der Waals surface area contributed by atoms with Gasteiger partial charge in [0, 0.05) is 32.7 Å². The lowest BCUT2D eigenvalue weighted by Crippen LogP contribution is -2.47. The van der Waals surface area contributed by atoms with Gasteiger partial charge in [-0.3, -0.25) is 9.69 Å². The zero-order chi connectivity index (χ0) is 14.6. The van der Waals surface area contributed by atoms with Crippen LogP contribution >= 0.6 is 0 Å². The summed E-state index contributed by atoms with van der Waals surface area (Å²) in [4.78, 5) is 15.4. The lowest BCUT2D eigenvalue weighted by atomic mass is 10.1. The highest BCUT2D eigenvalue weighted by atomic mass is 32.2. The summed E-state index contributed by atoms with van der Waals surface area (Å²) in [5.74, 6) is -1.73. The van der Waals surface area contributed by atoms with Gasteiger partial charge in [0.1, 0.15) is 0 Å². The predicted molar refractivity (Wildman–Crippen MR) is 74.0 cm³/mol. The second kappa shape index (κ2) is 6.67. The number of hydrogen-bond donors (Lipinski definition) is 1. The Labute approximate surface area is 115 Å². The molecule has 0 amide bonds. The van der Waals surface area contributed by atoms with Gasteiger partial charge in [0.15, 0.2) is 15.1 Å². The maximum absolute atomic E-state index is 12.1. The molecular formula is C12H24N2O4S. The smallest absolute Gasteiger partial charge is 0.322 e. The third-order valence-corrected chi connectivity index (χ3v) is 5.80. The minimum absolute atomic E-state index is 0.0775. The molecule has 0 bridgehead atoms. The predicted octanol–water partition coefficient (Wildman–Crippen LogP) is -0.242. The van der Waals surface area contributed by atoms with Crippen molar-refractivity contribution in [1.29, 1.82) is 0 Å². The van der Waals surface area contributed by atoms with E-state index in [4.69, 9.17) is 5.11 Å². The molecule has 1 atom stereocenters. The summed E-state index contributed by atoms with van der Waals surface area (Å²) < 4.78 is 24.2. The number of likely N-dealkylation sites (N-methyl/N-ethyl adjacent to an activating group) is 1. The van der Waals surface area contributed by atoms with Gasteiger partial charge < -0.3 is 10.0 Å². The number of hydrogen-bond acceptors (Lipinski definition) is 5. The van der Waals surface area contributed by atoms with Crippen molar-refractivity contribution in [3.63, 3.8) is 0 Å². The number of piperazine rings is 1. The number of sulfone groups is 1. The second-order valence-corrected chi connectivity index (χ2v) is 7.76. The molecule has 0 aromatic rings. The number of carbonyl (C=O) groups is 1. The van der Waals surface area contributed by atoms with Gasteiger partial charge in [0.25, 0.3) is 0 Å². The molecule has 0 saturated carbocycles. The zero-order valence-corrected chi connectivity index (χ0v) is 12.7. The van der Waals surface area contributed by atoms with Crippen molar-refractivity contribution in [1.82, 2.24) is 9.80 Å². The van der Waals surface area contributed by atoms with E-state index in [0.717, 1.165) is 26.2 Å². The zero-order valence-electron chi connectivity index (χ0n) is 11.9. The molecule has 0 spiro atoms. The van der Waals surface area contributed by atoms with Crippen LogP contribution in [0.5, 0.6) is 0 Å². The molecule has 0 radical (unpaired) electrons. The first-order valence-corrected chi connectivity index (χ1v) is 8.31. The SMILES string of the molecule is CC(C)C(C(=O)O)S(=O)(=O)CCN1CCN(C)CC1.